The Morgan fingerprint density at radius 2 is 2.05 bits per heavy atom. The smallest absolute Gasteiger partial charge is 0.412 e. The average molecular weight is 303 g/mol. The number of benzene rings is 1. The molecular formula is C14H17N5O3. The number of carbonyl (C=O) groups is 2. The Bertz CT molecular complexity index is 668. The molecule has 0 saturated carbocycles. The van der Waals surface area contributed by atoms with Crippen LogP contribution in [0.3, 0.4) is 0 Å². The lowest BCUT2D eigenvalue weighted by molar-refractivity contribution is -0.116. The molecule has 1 aromatic heterocycles. The number of aromatic nitrogens is 3. The maximum atomic E-state index is 12.0. The number of nitrogens with one attached hydrogen (secondary N) is 2. The van der Waals surface area contributed by atoms with Crippen LogP contribution in [0.15, 0.2) is 30.5 Å². The number of ether oxygens (including phenoxy) is 1. The lowest BCUT2D eigenvalue weighted by Crippen LogP contribution is -2.19. The van der Waals surface area contributed by atoms with Gasteiger partial charge in [-0.3, -0.25) is 10.1 Å². The molecule has 22 heavy (non-hydrogen) atoms. The van der Waals surface area contributed by atoms with Gasteiger partial charge < -0.3 is 10.1 Å². The first-order valence-electron chi connectivity index (χ1n) is 6.75. The fraction of sp³-hybridized carbons (Fsp3) is 0.286. The van der Waals surface area contributed by atoms with Gasteiger partial charge in [0.1, 0.15) is 6.54 Å². The van der Waals surface area contributed by atoms with Crippen LogP contribution in [0.4, 0.5) is 16.3 Å². The van der Waals surface area contributed by atoms with Gasteiger partial charge in [0.25, 0.3) is 0 Å². The van der Waals surface area contributed by atoms with Gasteiger partial charge >= 0.3 is 6.09 Å². The molecule has 2 amide bonds. The minimum atomic E-state index is -0.645. The fourth-order valence-corrected chi connectivity index (χ4v) is 1.88. The van der Waals surface area contributed by atoms with Gasteiger partial charge in [-0.25, -0.2) is 9.48 Å². The van der Waals surface area contributed by atoms with Crippen LogP contribution in [0.5, 0.6) is 0 Å². The molecule has 0 bridgehead atoms. The lowest BCUT2D eigenvalue weighted by Gasteiger charge is -2.09. The van der Waals surface area contributed by atoms with Crippen LogP contribution in [0.25, 0.3) is 0 Å². The van der Waals surface area contributed by atoms with E-state index in [9.17, 15) is 9.59 Å². The van der Waals surface area contributed by atoms with E-state index in [0.29, 0.717) is 0 Å². The summed E-state index contributed by atoms with van der Waals surface area (Å²) in [5, 5.41) is 12.7. The molecule has 0 radical (unpaired) electrons. The average Bonchev–Trinajstić information content (AvgIpc) is 2.94. The standard InChI is InChI=1S/C14H17N5O3/c1-3-10-6-4-5-7-11(10)15-13(20)9-19-8-12(17-18-19)16-14(21)22-2/h4-8H,3,9H2,1-2H3,(H,15,20)(H,16,21). The number of para-hydroxylation sites is 1. The van der Waals surface area contributed by atoms with E-state index in [1.807, 2.05) is 31.2 Å². The van der Waals surface area contributed by atoms with E-state index in [4.69, 9.17) is 0 Å². The number of aryl methyl sites for hydroxylation is 1. The minimum absolute atomic E-state index is 0.00605. The largest absolute Gasteiger partial charge is 0.453 e. The van der Waals surface area contributed by atoms with Crippen LogP contribution >= 0.6 is 0 Å². The molecule has 1 aromatic carbocycles. The topological polar surface area (TPSA) is 98.1 Å². The highest BCUT2D eigenvalue weighted by Crippen LogP contribution is 2.15. The second-order valence-corrected chi connectivity index (χ2v) is 4.48. The van der Waals surface area contributed by atoms with E-state index in [0.717, 1.165) is 17.7 Å². The first-order chi connectivity index (χ1) is 10.6. The molecule has 0 spiro atoms. The number of rotatable bonds is 5. The first-order valence-corrected chi connectivity index (χ1v) is 6.75. The number of hydrogen-bond acceptors (Lipinski definition) is 5. The summed E-state index contributed by atoms with van der Waals surface area (Å²) >= 11 is 0. The summed E-state index contributed by atoms with van der Waals surface area (Å²) in [6.07, 6.45) is 1.63. The summed E-state index contributed by atoms with van der Waals surface area (Å²) in [6, 6.07) is 7.60. The number of amides is 2. The van der Waals surface area contributed by atoms with Gasteiger partial charge in [-0.2, -0.15) is 0 Å². The highest BCUT2D eigenvalue weighted by Gasteiger charge is 2.09. The molecule has 0 aliphatic carbocycles. The van der Waals surface area contributed by atoms with Gasteiger partial charge in [0, 0.05) is 5.69 Å². The van der Waals surface area contributed by atoms with Crippen LogP contribution in [0.1, 0.15) is 12.5 Å². The van der Waals surface area contributed by atoms with Gasteiger partial charge in [-0.15, -0.1) is 5.10 Å². The van der Waals surface area contributed by atoms with Gasteiger partial charge in [0.15, 0.2) is 5.82 Å². The third kappa shape index (κ3) is 4.05. The van der Waals surface area contributed by atoms with Crippen molar-refractivity contribution in [2.75, 3.05) is 17.7 Å². The summed E-state index contributed by atoms with van der Waals surface area (Å²) in [4.78, 5) is 23.1. The van der Waals surface area contributed by atoms with E-state index in [1.54, 1.807) is 0 Å². The quantitative estimate of drug-likeness (QED) is 0.875. The van der Waals surface area contributed by atoms with Crippen LogP contribution in [0, 0.1) is 0 Å². The molecule has 8 nitrogen and oxygen atoms in total. The van der Waals surface area contributed by atoms with Crippen LogP contribution in [-0.4, -0.2) is 34.1 Å². The molecule has 0 aliphatic heterocycles. The molecule has 0 saturated heterocycles. The molecule has 0 unspecified atom stereocenters. The van der Waals surface area contributed by atoms with Crippen molar-refractivity contribution in [2.24, 2.45) is 0 Å². The van der Waals surface area contributed by atoms with Crippen LogP contribution < -0.4 is 10.6 Å². The van der Waals surface area contributed by atoms with E-state index in [2.05, 4.69) is 25.7 Å². The van der Waals surface area contributed by atoms with Crippen molar-refractivity contribution < 1.29 is 14.3 Å². The van der Waals surface area contributed by atoms with E-state index in [1.165, 1.54) is 18.0 Å². The van der Waals surface area contributed by atoms with Gasteiger partial charge in [0.2, 0.25) is 5.91 Å². The van der Waals surface area contributed by atoms with E-state index >= 15 is 0 Å². The Morgan fingerprint density at radius 3 is 2.77 bits per heavy atom. The predicted molar refractivity (Wildman–Crippen MR) is 80.5 cm³/mol. The van der Waals surface area contributed by atoms with E-state index in [-0.39, 0.29) is 18.3 Å². The summed E-state index contributed by atoms with van der Waals surface area (Å²) in [5.74, 6) is -0.0102. The van der Waals surface area contributed by atoms with Crippen molar-refractivity contribution >= 4 is 23.5 Å². The Labute approximate surface area is 127 Å². The zero-order chi connectivity index (χ0) is 15.9. The number of nitrogens with zero attached hydrogens (tertiary/aromatic N) is 3. The van der Waals surface area contributed by atoms with Crippen molar-refractivity contribution in [3.63, 3.8) is 0 Å². The monoisotopic (exact) mass is 303 g/mol. The molecule has 0 atom stereocenters. The SMILES string of the molecule is CCc1ccccc1NC(=O)Cn1cc(NC(=O)OC)nn1. The first kappa shape index (κ1) is 15.5. The molecule has 0 aliphatic rings. The summed E-state index contributed by atoms with van der Waals surface area (Å²) < 4.78 is 5.77. The molecule has 2 rings (SSSR count). The Hall–Kier alpha value is -2.90. The lowest BCUT2D eigenvalue weighted by atomic mass is 10.1. The second kappa shape index (κ2) is 7.21. The molecule has 2 aromatic rings. The highest BCUT2D eigenvalue weighted by atomic mass is 16.5. The highest BCUT2D eigenvalue weighted by molar-refractivity contribution is 5.91. The molecular weight excluding hydrogens is 286 g/mol. The molecule has 116 valence electrons. The molecule has 2 N–H and O–H groups in total. The van der Waals surface area contributed by atoms with E-state index < -0.39 is 6.09 Å². The van der Waals surface area contributed by atoms with Crippen molar-refractivity contribution in [1.29, 1.82) is 0 Å². The minimum Gasteiger partial charge on any atom is -0.453 e. The maximum absolute atomic E-state index is 12.0. The predicted octanol–water partition coefficient (Wildman–Crippen LogP) is 1.66. The summed E-state index contributed by atoms with van der Waals surface area (Å²) in [6.45, 7) is 2.01. The number of carbonyl (C=O) groups excluding carboxylic acids is 2. The molecule has 1 heterocycles. The summed E-state index contributed by atoms with van der Waals surface area (Å²) in [7, 11) is 1.25. The van der Waals surface area contributed by atoms with Gasteiger partial charge in [0.05, 0.1) is 13.3 Å². The van der Waals surface area contributed by atoms with Gasteiger partial charge in [-0.05, 0) is 18.1 Å². The third-order valence-electron chi connectivity index (χ3n) is 2.93. The normalized spacial score (nSPS) is 10.1. The van der Waals surface area contributed by atoms with Crippen molar-refractivity contribution in [3.8, 4) is 0 Å². The van der Waals surface area contributed by atoms with Crippen molar-refractivity contribution in [1.82, 2.24) is 15.0 Å². The zero-order valence-corrected chi connectivity index (χ0v) is 12.4. The Morgan fingerprint density at radius 1 is 1.27 bits per heavy atom. The van der Waals surface area contributed by atoms with Gasteiger partial charge in [-0.1, -0.05) is 30.3 Å². The van der Waals surface area contributed by atoms with Crippen molar-refractivity contribution in [2.45, 2.75) is 19.9 Å². The third-order valence-corrected chi connectivity index (χ3v) is 2.93. The Kier molecular flexibility index (Phi) is 5.07. The molecule has 0 fully saturated rings. The number of anilines is 2. The second-order valence-electron chi connectivity index (χ2n) is 4.48. The maximum Gasteiger partial charge on any atom is 0.412 e. The van der Waals surface area contributed by atoms with Crippen molar-refractivity contribution in [3.05, 3.63) is 36.0 Å². The summed E-state index contributed by atoms with van der Waals surface area (Å²) in [5.41, 5.74) is 1.84. The number of methoxy groups -OCH3 is 1. The van der Waals surface area contributed by atoms with Crippen LogP contribution in [-0.2, 0) is 22.5 Å². The van der Waals surface area contributed by atoms with Crippen LogP contribution in [0.2, 0.25) is 0 Å². The zero-order valence-electron chi connectivity index (χ0n) is 12.4. The Balaban J connectivity index is 1.96. The fourth-order valence-electron chi connectivity index (χ4n) is 1.88. The molecule has 8 heteroatoms. The number of hydrogen-bond donors (Lipinski definition) is 2.